The van der Waals surface area contributed by atoms with E-state index < -0.39 is 0 Å². The van der Waals surface area contributed by atoms with E-state index in [0.29, 0.717) is 11.2 Å². The molecule has 0 aliphatic heterocycles. The minimum atomic E-state index is -0.216. The molecule has 4 aromatic rings. The smallest absolute Gasteiger partial charge is 0.252 e. The van der Waals surface area contributed by atoms with Crippen molar-refractivity contribution in [2.75, 3.05) is 0 Å². The standard InChI is InChI=1S/C18H19N7O/c1-3-11(2)16(17-19-13-6-4-5-7-14(13)20-17)21-18(26)12-8-9-25-15(10-12)22-23-24-25/h4-11,16H,3H2,1-2H3,(H,19,20)(H,21,26)/t11-,16-/m1/s1. The minimum Gasteiger partial charge on any atom is -0.342 e. The van der Waals surface area contributed by atoms with Crippen LogP contribution in [0.2, 0.25) is 0 Å². The van der Waals surface area contributed by atoms with Crippen molar-refractivity contribution in [3.63, 3.8) is 0 Å². The lowest BCUT2D eigenvalue weighted by Gasteiger charge is -2.22. The highest BCUT2D eigenvalue weighted by molar-refractivity contribution is 5.95. The highest BCUT2D eigenvalue weighted by Crippen LogP contribution is 2.25. The Morgan fingerprint density at radius 3 is 2.96 bits per heavy atom. The van der Waals surface area contributed by atoms with E-state index >= 15 is 0 Å². The largest absolute Gasteiger partial charge is 0.342 e. The summed E-state index contributed by atoms with van der Waals surface area (Å²) < 4.78 is 1.52. The Balaban J connectivity index is 1.64. The molecule has 0 radical (unpaired) electrons. The molecule has 0 saturated carbocycles. The summed E-state index contributed by atoms with van der Waals surface area (Å²) in [6.07, 6.45) is 2.58. The van der Waals surface area contributed by atoms with Crippen LogP contribution in [-0.4, -0.2) is 35.9 Å². The number of tetrazole rings is 1. The number of amides is 1. The van der Waals surface area contributed by atoms with Crippen molar-refractivity contribution in [3.8, 4) is 0 Å². The van der Waals surface area contributed by atoms with E-state index in [1.165, 1.54) is 4.52 Å². The zero-order chi connectivity index (χ0) is 18.1. The van der Waals surface area contributed by atoms with Crippen LogP contribution < -0.4 is 5.32 Å². The highest BCUT2D eigenvalue weighted by Gasteiger charge is 2.24. The number of hydrogen-bond acceptors (Lipinski definition) is 5. The lowest BCUT2D eigenvalue weighted by Crippen LogP contribution is -2.33. The van der Waals surface area contributed by atoms with Gasteiger partial charge in [-0.15, -0.1) is 5.10 Å². The van der Waals surface area contributed by atoms with E-state index in [1.54, 1.807) is 18.3 Å². The molecule has 3 aromatic heterocycles. The van der Waals surface area contributed by atoms with Crippen molar-refractivity contribution in [1.82, 2.24) is 35.3 Å². The molecule has 3 heterocycles. The quantitative estimate of drug-likeness (QED) is 0.576. The van der Waals surface area contributed by atoms with E-state index in [0.717, 1.165) is 23.3 Å². The first kappa shape index (κ1) is 16.2. The van der Waals surface area contributed by atoms with Crippen LogP contribution in [0, 0.1) is 5.92 Å². The minimum absolute atomic E-state index is 0.179. The number of hydrogen-bond donors (Lipinski definition) is 2. The number of nitrogens with one attached hydrogen (secondary N) is 2. The summed E-state index contributed by atoms with van der Waals surface area (Å²) in [5.74, 6) is 0.804. The zero-order valence-electron chi connectivity index (χ0n) is 14.5. The number of H-pyrrole nitrogens is 1. The molecule has 132 valence electrons. The molecule has 26 heavy (non-hydrogen) atoms. The third-order valence-corrected chi connectivity index (χ3v) is 4.66. The topological polar surface area (TPSA) is 101 Å². The fourth-order valence-electron chi connectivity index (χ4n) is 2.94. The van der Waals surface area contributed by atoms with Gasteiger partial charge in [0.05, 0.1) is 17.1 Å². The summed E-state index contributed by atoms with van der Waals surface area (Å²) in [6, 6.07) is 11.0. The monoisotopic (exact) mass is 349 g/mol. The Kier molecular flexibility index (Phi) is 4.08. The van der Waals surface area contributed by atoms with Crippen LogP contribution in [0.15, 0.2) is 42.6 Å². The molecule has 2 N–H and O–H groups in total. The summed E-state index contributed by atoms with van der Waals surface area (Å²) in [6.45, 7) is 4.20. The molecule has 1 aromatic carbocycles. The fraction of sp³-hybridized carbons (Fsp3) is 0.278. The second-order valence-electron chi connectivity index (χ2n) is 6.37. The van der Waals surface area contributed by atoms with Crippen molar-refractivity contribution < 1.29 is 4.79 Å². The predicted octanol–water partition coefficient (Wildman–Crippen LogP) is 2.52. The third-order valence-electron chi connectivity index (χ3n) is 4.66. The average molecular weight is 349 g/mol. The number of benzene rings is 1. The van der Waals surface area contributed by atoms with Gasteiger partial charge >= 0.3 is 0 Å². The Bertz CT molecular complexity index is 1030. The van der Waals surface area contributed by atoms with Gasteiger partial charge in [0.2, 0.25) is 0 Å². The molecule has 0 spiro atoms. The molecule has 0 aliphatic rings. The van der Waals surface area contributed by atoms with Gasteiger partial charge in [-0.3, -0.25) is 4.79 Å². The van der Waals surface area contributed by atoms with E-state index in [4.69, 9.17) is 0 Å². The van der Waals surface area contributed by atoms with E-state index in [9.17, 15) is 4.79 Å². The Labute approximate surface area is 149 Å². The fourth-order valence-corrected chi connectivity index (χ4v) is 2.94. The molecule has 0 saturated heterocycles. The number of para-hydroxylation sites is 2. The molecular formula is C18H19N7O. The number of fused-ring (bicyclic) bond motifs is 2. The Morgan fingerprint density at radius 1 is 1.31 bits per heavy atom. The number of rotatable bonds is 5. The van der Waals surface area contributed by atoms with Crippen LogP contribution in [0.3, 0.4) is 0 Å². The second kappa shape index (κ2) is 6.55. The first-order chi connectivity index (χ1) is 12.7. The van der Waals surface area contributed by atoms with Gasteiger partial charge in [-0.2, -0.15) is 0 Å². The normalized spacial score (nSPS) is 13.8. The number of nitrogens with zero attached hydrogens (tertiary/aromatic N) is 5. The number of pyridine rings is 1. The van der Waals surface area contributed by atoms with Gasteiger partial charge in [0.15, 0.2) is 5.65 Å². The highest BCUT2D eigenvalue weighted by atomic mass is 16.1. The Hall–Kier alpha value is -3.29. The molecule has 2 atom stereocenters. The lowest BCUT2D eigenvalue weighted by atomic mass is 9.98. The van der Waals surface area contributed by atoms with Crippen molar-refractivity contribution in [2.45, 2.75) is 26.3 Å². The molecule has 1 amide bonds. The van der Waals surface area contributed by atoms with Gasteiger partial charge in [0.1, 0.15) is 5.82 Å². The van der Waals surface area contributed by atoms with Crippen molar-refractivity contribution in [3.05, 3.63) is 54.0 Å². The van der Waals surface area contributed by atoms with Crippen LogP contribution in [0.5, 0.6) is 0 Å². The average Bonchev–Trinajstić information content (AvgIpc) is 3.30. The molecule has 0 unspecified atom stereocenters. The van der Waals surface area contributed by atoms with Crippen molar-refractivity contribution in [2.24, 2.45) is 5.92 Å². The predicted molar refractivity (Wildman–Crippen MR) is 96.5 cm³/mol. The summed E-state index contributed by atoms with van der Waals surface area (Å²) in [4.78, 5) is 20.8. The SMILES string of the molecule is CC[C@@H](C)[C@@H](NC(=O)c1ccn2nnnc2c1)c1nc2ccccc2[nH]1. The van der Waals surface area contributed by atoms with Crippen LogP contribution in [0.25, 0.3) is 16.7 Å². The molecular weight excluding hydrogens is 330 g/mol. The third kappa shape index (κ3) is 2.90. The van der Waals surface area contributed by atoms with Crippen molar-refractivity contribution >= 4 is 22.6 Å². The van der Waals surface area contributed by atoms with Crippen LogP contribution in [0.4, 0.5) is 0 Å². The van der Waals surface area contributed by atoms with Crippen LogP contribution >= 0.6 is 0 Å². The molecule has 8 nitrogen and oxygen atoms in total. The maximum Gasteiger partial charge on any atom is 0.252 e. The van der Waals surface area contributed by atoms with Gasteiger partial charge in [0.25, 0.3) is 5.91 Å². The second-order valence-corrected chi connectivity index (χ2v) is 6.37. The van der Waals surface area contributed by atoms with E-state index in [1.807, 2.05) is 24.3 Å². The summed E-state index contributed by atoms with van der Waals surface area (Å²) >= 11 is 0. The van der Waals surface area contributed by atoms with Gasteiger partial charge in [-0.25, -0.2) is 9.50 Å². The molecule has 0 bridgehead atoms. The van der Waals surface area contributed by atoms with Gasteiger partial charge < -0.3 is 10.3 Å². The van der Waals surface area contributed by atoms with Crippen LogP contribution in [-0.2, 0) is 0 Å². The van der Waals surface area contributed by atoms with Gasteiger partial charge in [-0.1, -0.05) is 32.4 Å². The first-order valence-corrected chi connectivity index (χ1v) is 8.59. The number of imidazole rings is 1. The number of aromatic nitrogens is 6. The van der Waals surface area contributed by atoms with E-state index in [-0.39, 0.29) is 17.9 Å². The first-order valence-electron chi connectivity index (χ1n) is 8.59. The molecule has 0 aliphatic carbocycles. The number of aromatic amines is 1. The number of carbonyl (C=O) groups excluding carboxylic acids is 1. The van der Waals surface area contributed by atoms with Gasteiger partial charge in [-0.05, 0) is 40.6 Å². The van der Waals surface area contributed by atoms with Crippen LogP contribution in [0.1, 0.15) is 42.5 Å². The Morgan fingerprint density at radius 2 is 2.15 bits per heavy atom. The maximum atomic E-state index is 12.8. The van der Waals surface area contributed by atoms with Gasteiger partial charge in [0, 0.05) is 11.8 Å². The van der Waals surface area contributed by atoms with Crippen molar-refractivity contribution in [1.29, 1.82) is 0 Å². The summed E-state index contributed by atoms with van der Waals surface area (Å²) in [7, 11) is 0. The maximum absolute atomic E-state index is 12.8. The molecule has 4 rings (SSSR count). The molecule has 8 heteroatoms. The molecule has 0 fully saturated rings. The zero-order valence-corrected chi connectivity index (χ0v) is 14.5. The number of carbonyl (C=O) groups is 1. The summed E-state index contributed by atoms with van der Waals surface area (Å²) in [5, 5.41) is 14.4. The van der Waals surface area contributed by atoms with E-state index in [2.05, 4.69) is 44.7 Å². The lowest BCUT2D eigenvalue weighted by molar-refractivity contribution is 0.0920. The summed E-state index contributed by atoms with van der Waals surface area (Å²) in [5.41, 5.74) is 2.89.